The molecule has 1 heterocycles. The van der Waals surface area contributed by atoms with Gasteiger partial charge >= 0.3 is 0 Å². The summed E-state index contributed by atoms with van der Waals surface area (Å²) in [6, 6.07) is 11.0. The molecule has 0 aliphatic heterocycles. The number of pyridine rings is 1. The highest BCUT2D eigenvalue weighted by atomic mass is 35.5. The van der Waals surface area contributed by atoms with E-state index in [9.17, 15) is 4.79 Å². The number of nitrogens with zero attached hydrogens (tertiary/aromatic N) is 2. The summed E-state index contributed by atoms with van der Waals surface area (Å²) in [7, 11) is 4.10. The van der Waals surface area contributed by atoms with Crippen molar-refractivity contribution in [2.24, 2.45) is 0 Å². The molecule has 0 aliphatic rings. The van der Waals surface area contributed by atoms with Crippen LogP contribution in [0.4, 0.5) is 5.69 Å². The first-order valence-electron chi connectivity index (χ1n) is 7.92. The van der Waals surface area contributed by atoms with Gasteiger partial charge in [-0.2, -0.15) is 0 Å². The first-order chi connectivity index (χ1) is 11.5. The molecule has 0 saturated heterocycles. The van der Waals surface area contributed by atoms with Gasteiger partial charge in [-0.1, -0.05) is 23.7 Å². The molecule has 0 atom stereocenters. The molecule has 2 rings (SSSR count). The molecular weight excluding hydrogens is 324 g/mol. The Kier molecular flexibility index (Phi) is 7.03. The number of benzene rings is 1. The van der Waals surface area contributed by atoms with Gasteiger partial charge in [-0.3, -0.25) is 9.78 Å². The Labute approximate surface area is 148 Å². The first kappa shape index (κ1) is 18.2. The molecule has 0 saturated carbocycles. The van der Waals surface area contributed by atoms with Gasteiger partial charge in [0.1, 0.15) is 5.69 Å². The Balaban J connectivity index is 1.85. The van der Waals surface area contributed by atoms with Crippen molar-refractivity contribution in [3.8, 4) is 0 Å². The minimum Gasteiger partial charge on any atom is -0.385 e. The van der Waals surface area contributed by atoms with Gasteiger partial charge in [0.25, 0.3) is 5.91 Å². The standard InChI is InChI=1S/C18H23ClN4O/c1-23(2)11-3-9-20-16-8-10-21-17(12-16)18(24)22-13-14-4-6-15(19)7-5-14/h4-8,10,12H,3,9,11,13H2,1-2H3,(H,20,21)(H,22,24). The van der Waals surface area contributed by atoms with Crippen molar-refractivity contribution in [2.45, 2.75) is 13.0 Å². The number of aromatic nitrogens is 1. The van der Waals surface area contributed by atoms with Crippen molar-refractivity contribution < 1.29 is 4.79 Å². The van der Waals surface area contributed by atoms with Crippen LogP contribution in [0.25, 0.3) is 0 Å². The van der Waals surface area contributed by atoms with Crippen molar-refractivity contribution >= 4 is 23.2 Å². The molecule has 0 bridgehead atoms. The van der Waals surface area contributed by atoms with Gasteiger partial charge in [0, 0.05) is 30.0 Å². The fraction of sp³-hybridized carbons (Fsp3) is 0.333. The lowest BCUT2D eigenvalue weighted by Gasteiger charge is -2.11. The topological polar surface area (TPSA) is 57.3 Å². The van der Waals surface area contributed by atoms with Crippen LogP contribution >= 0.6 is 11.6 Å². The zero-order valence-corrected chi connectivity index (χ0v) is 14.8. The molecule has 0 radical (unpaired) electrons. The lowest BCUT2D eigenvalue weighted by Crippen LogP contribution is -2.24. The second-order valence-corrected chi connectivity index (χ2v) is 6.26. The zero-order chi connectivity index (χ0) is 17.4. The minimum atomic E-state index is -0.193. The maximum atomic E-state index is 12.2. The van der Waals surface area contributed by atoms with E-state index in [2.05, 4.69) is 34.6 Å². The van der Waals surface area contributed by atoms with Crippen molar-refractivity contribution in [2.75, 3.05) is 32.5 Å². The highest BCUT2D eigenvalue weighted by Gasteiger charge is 2.07. The molecule has 128 valence electrons. The van der Waals surface area contributed by atoms with Crippen LogP contribution in [-0.2, 0) is 6.54 Å². The van der Waals surface area contributed by atoms with Crippen LogP contribution in [0.15, 0.2) is 42.6 Å². The Hall–Kier alpha value is -2.11. The Morgan fingerprint density at radius 3 is 2.67 bits per heavy atom. The third kappa shape index (κ3) is 6.18. The fourth-order valence-corrected chi connectivity index (χ4v) is 2.29. The van der Waals surface area contributed by atoms with Gasteiger partial charge in [0.2, 0.25) is 0 Å². The summed E-state index contributed by atoms with van der Waals surface area (Å²) in [6.45, 7) is 2.32. The van der Waals surface area contributed by atoms with Crippen molar-refractivity contribution in [3.63, 3.8) is 0 Å². The van der Waals surface area contributed by atoms with E-state index in [1.165, 1.54) is 0 Å². The molecule has 0 spiro atoms. The molecule has 0 unspecified atom stereocenters. The van der Waals surface area contributed by atoms with Crippen molar-refractivity contribution in [1.29, 1.82) is 0 Å². The summed E-state index contributed by atoms with van der Waals surface area (Å²) in [5.41, 5.74) is 2.30. The predicted octanol–water partition coefficient (Wildman–Crippen LogP) is 3.03. The van der Waals surface area contributed by atoms with Gasteiger partial charge in [-0.05, 0) is 56.9 Å². The van der Waals surface area contributed by atoms with E-state index < -0.39 is 0 Å². The van der Waals surface area contributed by atoms with Crippen LogP contribution in [0.3, 0.4) is 0 Å². The summed E-state index contributed by atoms with van der Waals surface area (Å²) in [5, 5.41) is 6.86. The van der Waals surface area contributed by atoms with E-state index >= 15 is 0 Å². The molecule has 0 fully saturated rings. The second-order valence-electron chi connectivity index (χ2n) is 5.82. The number of carbonyl (C=O) groups is 1. The number of hydrogen-bond acceptors (Lipinski definition) is 4. The van der Waals surface area contributed by atoms with Crippen LogP contribution in [0.1, 0.15) is 22.5 Å². The normalized spacial score (nSPS) is 10.7. The Bertz CT molecular complexity index is 658. The Morgan fingerprint density at radius 1 is 1.21 bits per heavy atom. The van der Waals surface area contributed by atoms with Crippen molar-refractivity contribution in [3.05, 3.63) is 58.9 Å². The number of amides is 1. The monoisotopic (exact) mass is 346 g/mol. The lowest BCUT2D eigenvalue weighted by molar-refractivity contribution is 0.0946. The molecule has 24 heavy (non-hydrogen) atoms. The molecule has 1 aromatic carbocycles. The smallest absolute Gasteiger partial charge is 0.270 e. The summed E-state index contributed by atoms with van der Waals surface area (Å²) in [6.07, 6.45) is 2.68. The number of halogens is 1. The molecule has 0 aliphatic carbocycles. The molecule has 2 N–H and O–H groups in total. The predicted molar refractivity (Wildman–Crippen MR) is 98.5 cm³/mol. The van der Waals surface area contributed by atoms with Gasteiger partial charge in [0.05, 0.1) is 0 Å². The van der Waals surface area contributed by atoms with Gasteiger partial charge < -0.3 is 15.5 Å². The average molecular weight is 347 g/mol. The van der Waals surface area contributed by atoms with Crippen LogP contribution in [0.5, 0.6) is 0 Å². The summed E-state index contributed by atoms with van der Waals surface area (Å²) in [5.74, 6) is -0.193. The van der Waals surface area contributed by atoms with E-state index in [4.69, 9.17) is 11.6 Å². The molecule has 1 amide bonds. The van der Waals surface area contributed by atoms with Crippen LogP contribution < -0.4 is 10.6 Å². The lowest BCUT2D eigenvalue weighted by atomic mass is 10.2. The van der Waals surface area contributed by atoms with Gasteiger partial charge in [-0.15, -0.1) is 0 Å². The van der Waals surface area contributed by atoms with E-state index in [0.717, 1.165) is 30.8 Å². The Morgan fingerprint density at radius 2 is 1.96 bits per heavy atom. The second kappa shape index (κ2) is 9.25. The fourth-order valence-electron chi connectivity index (χ4n) is 2.17. The average Bonchev–Trinajstić information content (AvgIpc) is 2.58. The van der Waals surface area contributed by atoms with E-state index in [-0.39, 0.29) is 5.91 Å². The molecular formula is C18H23ClN4O. The number of anilines is 1. The van der Waals surface area contributed by atoms with E-state index in [1.807, 2.05) is 18.2 Å². The minimum absolute atomic E-state index is 0.193. The maximum Gasteiger partial charge on any atom is 0.270 e. The largest absolute Gasteiger partial charge is 0.385 e. The van der Waals surface area contributed by atoms with Crippen molar-refractivity contribution in [1.82, 2.24) is 15.2 Å². The van der Waals surface area contributed by atoms with Crippen LogP contribution in [0.2, 0.25) is 5.02 Å². The SMILES string of the molecule is CN(C)CCCNc1ccnc(C(=O)NCc2ccc(Cl)cc2)c1. The summed E-state index contributed by atoms with van der Waals surface area (Å²) >= 11 is 5.85. The molecule has 6 heteroatoms. The van der Waals surface area contributed by atoms with E-state index in [0.29, 0.717) is 17.3 Å². The van der Waals surface area contributed by atoms with Crippen LogP contribution in [-0.4, -0.2) is 43.0 Å². The highest BCUT2D eigenvalue weighted by Crippen LogP contribution is 2.10. The van der Waals surface area contributed by atoms with E-state index in [1.54, 1.807) is 24.4 Å². The van der Waals surface area contributed by atoms with Gasteiger partial charge in [-0.25, -0.2) is 0 Å². The number of nitrogens with one attached hydrogen (secondary N) is 2. The molecule has 2 aromatic rings. The number of rotatable bonds is 8. The van der Waals surface area contributed by atoms with Crippen LogP contribution in [0, 0.1) is 0 Å². The third-order valence-electron chi connectivity index (χ3n) is 3.47. The summed E-state index contributed by atoms with van der Waals surface area (Å²) < 4.78 is 0. The number of hydrogen-bond donors (Lipinski definition) is 2. The van der Waals surface area contributed by atoms with Gasteiger partial charge in [0.15, 0.2) is 0 Å². The zero-order valence-electron chi connectivity index (χ0n) is 14.1. The summed E-state index contributed by atoms with van der Waals surface area (Å²) in [4.78, 5) is 18.5. The third-order valence-corrected chi connectivity index (χ3v) is 3.72. The quantitative estimate of drug-likeness (QED) is 0.721. The number of carbonyl (C=O) groups excluding carboxylic acids is 1. The highest BCUT2D eigenvalue weighted by molar-refractivity contribution is 6.30. The maximum absolute atomic E-state index is 12.2. The molecule has 1 aromatic heterocycles. The molecule has 5 nitrogen and oxygen atoms in total. The first-order valence-corrected chi connectivity index (χ1v) is 8.29.